The van der Waals surface area contributed by atoms with Gasteiger partial charge in [0, 0.05) is 6.07 Å². The van der Waals surface area contributed by atoms with E-state index in [-0.39, 0.29) is 5.91 Å². The molecule has 1 aromatic heterocycles. The minimum absolute atomic E-state index is 0.0251. The van der Waals surface area contributed by atoms with Crippen molar-refractivity contribution in [1.82, 2.24) is 4.98 Å². The van der Waals surface area contributed by atoms with Crippen LogP contribution >= 0.6 is 0 Å². The number of carbonyl (C=O) groups excluding carboxylic acids is 1. The van der Waals surface area contributed by atoms with Crippen LogP contribution in [-0.4, -0.2) is 25.1 Å². The molecule has 1 saturated carbocycles. The number of carbonyl (C=O) groups is 1. The first-order valence-corrected chi connectivity index (χ1v) is 8.14. The molecule has 2 aromatic rings. The first-order chi connectivity index (χ1) is 11.7. The molecule has 24 heavy (non-hydrogen) atoms. The van der Waals surface area contributed by atoms with Crippen molar-refractivity contribution in [3.63, 3.8) is 0 Å². The zero-order valence-corrected chi connectivity index (χ0v) is 14.0. The number of nitrogens with zero attached hydrogens (tertiary/aromatic N) is 1. The monoisotopic (exact) mass is 326 g/mol. The number of ether oxygens (including phenoxy) is 2. The molecule has 1 fully saturated rings. The lowest BCUT2D eigenvalue weighted by Crippen LogP contribution is -2.38. The molecule has 1 aliphatic carbocycles. The highest BCUT2D eigenvalue weighted by atomic mass is 16.5. The quantitative estimate of drug-likeness (QED) is 0.913. The van der Waals surface area contributed by atoms with Gasteiger partial charge in [0.1, 0.15) is 5.75 Å². The number of rotatable bonds is 5. The molecule has 0 radical (unpaired) electrons. The summed E-state index contributed by atoms with van der Waals surface area (Å²) in [5.74, 6) is 1.35. The van der Waals surface area contributed by atoms with Crippen molar-refractivity contribution in [2.75, 3.05) is 19.5 Å². The number of benzene rings is 1. The average molecular weight is 326 g/mol. The summed E-state index contributed by atoms with van der Waals surface area (Å²) in [5.41, 5.74) is 1.24. The van der Waals surface area contributed by atoms with E-state index in [2.05, 4.69) is 10.3 Å². The van der Waals surface area contributed by atoms with Gasteiger partial charge in [-0.1, -0.05) is 25.0 Å². The van der Waals surface area contributed by atoms with Crippen molar-refractivity contribution >= 4 is 11.6 Å². The van der Waals surface area contributed by atoms with E-state index in [0.717, 1.165) is 37.0 Å². The number of amides is 1. The standard InChI is InChI=1S/C19H22N2O3/c1-23-16-8-5-14(6-9-16)19(11-3-4-12-19)18(22)21-15-7-10-17(24-2)20-13-15/h5-10,13H,3-4,11-12H2,1-2H3,(H,21,22). The Hall–Kier alpha value is -2.56. The third-order valence-corrected chi connectivity index (χ3v) is 4.74. The smallest absolute Gasteiger partial charge is 0.235 e. The van der Waals surface area contributed by atoms with Crippen LogP contribution < -0.4 is 14.8 Å². The Morgan fingerprint density at radius 3 is 2.29 bits per heavy atom. The molecule has 0 atom stereocenters. The van der Waals surface area contributed by atoms with E-state index in [1.165, 1.54) is 0 Å². The molecule has 1 amide bonds. The van der Waals surface area contributed by atoms with Crippen molar-refractivity contribution in [2.45, 2.75) is 31.1 Å². The van der Waals surface area contributed by atoms with Crippen molar-refractivity contribution in [3.8, 4) is 11.6 Å². The van der Waals surface area contributed by atoms with E-state index in [0.29, 0.717) is 11.6 Å². The molecule has 1 heterocycles. The zero-order chi connectivity index (χ0) is 17.0. The van der Waals surface area contributed by atoms with Crippen LogP contribution in [0.15, 0.2) is 42.6 Å². The summed E-state index contributed by atoms with van der Waals surface area (Å²) < 4.78 is 10.3. The fraction of sp³-hybridized carbons (Fsp3) is 0.368. The summed E-state index contributed by atoms with van der Waals surface area (Å²) in [5, 5.41) is 3.01. The molecule has 5 heteroatoms. The van der Waals surface area contributed by atoms with Gasteiger partial charge < -0.3 is 14.8 Å². The van der Waals surface area contributed by atoms with Crippen LogP contribution in [0.25, 0.3) is 0 Å². The Morgan fingerprint density at radius 2 is 1.75 bits per heavy atom. The predicted octanol–water partition coefficient (Wildman–Crippen LogP) is 3.55. The summed E-state index contributed by atoms with van der Waals surface area (Å²) in [7, 11) is 3.21. The van der Waals surface area contributed by atoms with Crippen LogP contribution in [0.4, 0.5) is 5.69 Å². The number of pyridine rings is 1. The maximum atomic E-state index is 13.0. The van der Waals surface area contributed by atoms with E-state index >= 15 is 0 Å². The molecule has 0 unspecified atom stereocenters. The van der Waals surface area contributed by atoms with Crippen LogP contribution in [0.2, 0.25) is 0 Å². The number of hydrogen-bond donors (Lipinski definition) is 1. The van der Waals surface area contributed by atoms with Crippen LogP contribution in [0.3, 0.4) is 0 Å². The van der Waals surface area contributed by atoms with Crippen molar-refractivity contribution in [3.05, 3.63) is 48.2 Å². The lowest BCUT2D eigenvalue weighted by atomic mass is 9.78. The lowest BCUT2D eigenvalue weighted by molar-refractivity contribution is -0.121. The Morgan fingerprint density at radius 1 is 1.04 bits per heavy atom. The normalized spacial score (nSPS) is 15.8. The molecule has 0 aliphatic heterocycles. The molecule has 1 N–H and O–H groups in total. The minimum atomic E-state index is -0.480. The van der Waals surface area contributed by atoms with Gasteiger partial charge >= 0.3 is 0 Å². The molecule has 5 nitrogen and oxygen atoms in total. The van der Waals surface area contributed by atoms with Crippen LogP contribution in [0, 0.1) is 0 Å². The van der Waals surface area contributed by atoms with Crippen molar-refractivity contribution < 1.29 is 14.3 Å². The van der Waals surface area contributed by atoms with Crippen molar-refractivity contribution in [1.29, 1.82) is 0 Å². The Bertz CT molecular complexity index is 690. The van der Waals surface area contributed by atoms with Crippen LogP contribution in [-0.2, 0) is 10.2 Å². The molecule has 3 rings (SSSR count). The highest BCUT2D eigenvalue weighted by Crippen LogP contribution is 2.42. The van der Waals surface area contributed by atoms with E-state index in [4.69, 9.17) is 9.47 Å². The highest BCUT2D eigenvalue weighted by Gasteiger charge is 2.42. The summed E-state index contributed by atoms with van der Waals surface area (Å²) in [6, 6.07) is 11.4. The van der Waals surface area contributed by atoms with Gasteiger partial charge in [0.15, 0.2) is 0 Å². The second-order valence-corrected chi connectivity index (χ2v) is 6.06. The third-order valence-electron chi connectivity index (χ3n) is 4.74. The number of methoxy groups -OCH3 is 2. The van der Waals surface area contributed by atoms with E-state index in [1.54, 1.807) is 32.5 Å². The van der Waals surface area contributed by atoms with Gasteiger partial charge in [0.2, 0.25) is 11.8 Å². The fourth-order valence-corrected chi connectivity index (χ4v) is 3.36. The maximum absolute atomic E-state index is 13.0. The first kappa shape index (κ1) is 16.3. The molecule has 0 saturated heterocycles. The van der Waals surface area contributed by atoms with Gasteiger partial charge in [-0.05, 0) is 36.6 Å². The largest absolute Gasteiger partial charge is 0.497 e. The zero-order valence-electron chi connectivity index (χ0n) is 14.0. The van der Waals surface area contributed by atoms with E-state index in [1.807, 2.05) is 24.3 Å². The molecule has 126 valence electrons. The van der Waals surface area contributed by atoms with Gasteiger partial charge in [-0.3, -0.25) is 4.79 Å². The topological polar surface area (TPSA) is 60.5 Å². The van der Waals surface area contributed by atoms with Gasteiger partial charge in [0.05, 0.1) is 31.5 Å². The van der Waals surface area contributed by atoms with Crippen LogP contribution in [0.5, 0.6) is 11.6 Å². The second kappa shape index (κ2) is 6.91. The molecular formula is C19H22N2O3. The predicted molar refractivity (Wildman–Crippen MR) is 92.6 cm³/mol. The number of nitrogens with one attached hydrogen (secondary N) is 1. The summed E-state index contributed by atoms with van der Waals surface area (Å²) >= 11 is 0. The Kier molecular flexibility index (Phi) is 4.69. The molecule has 1 aromatic carbocycles. The molecular weight excluding hydrogens is 304 g/mol. The van der Waals surface area contributed by atoms with Gasteiger partial charge in [0.25, 0.3) is 0 Å². The second-order valence-electron chi connectivity index (χ2n) is 6.06. The van der Waals surface area contributed by atoms with Gasteiger partial charge in [-0.2, -0.15) is 0 Å². The Labute approximate surface area is 142 Å². The lowest BCUT2D eigenvalue weighted by Gasteiger charge is -2.28. The SMILES string of the molecule is COc1ccc(C2(C(=O)Nc3ccc(OC)nc3)CCCC2)cc1. The van der Waals surface area contributed by atoms with E-state index in [9.17, 15) is 4.79 Å². The highest BCUT2D eigenvalue weighted by molar-refractivity contribution is 5.99. The van der Waals surface area contributed by atoms with E-state index < -0.39 is 5.41 Å². The van der Waals surface area contributed by atoms with Crippen LogP contribution in [0.1, 0.15) is 31.2 Å². The summed E-state index contributed by atoms with van der Waals surface area (Å²) in [6.45, 7) is 0. The molecule has 0 bridgehead atoms. The molecule has 0 spiro atoms. The summed E-state index contributed by atoms with van der Waals surface area (Å²) in [4.78, 5) is 17.2. The fourth-order valence-electron chi connectivity index (χ4n) is 3.36. The van der Waals surface area contributed by atoms with Gasteiger partial charge in [-0.15, -0.1) is 0 Å². The number of hydrogen-bond acceptors (Lipinski definition) is 4. The third kappa shape index (κ3) is 3.07. The van der Waals surface area contributed by atoms with Crippen molar-refractivity contribution in [2.24, 2.45) is 0 Å². The maximum Gasteiger partial charge on any atom is 0.235 e. The summed E-state index contributed by atoms with van der Waals surface area (Å²) in [6.07, 6.45) is 5.44. The minimum Gasteiger partial charge on any atom is -0.497 e. The number of aromatic nitrogens is 1. The Balaban J connectivity index is 1.84. The van der Waals surface area contributed by atoms with Gasteiger partial charge in [-0.25, -0.2) is 4.98 Å². The first-order valence-electron chi connectivity index (χ1n) is 8.14. The number of anilines is 1. The molecule has 1 aliphatic rings. The average Bonchev–Trinajstić information content (AvgIpc) is 3.13.